The van der Waals surface area contributed by atoms with Gasteiger partial charge in [-0.25, -0.2) is 4.57 Å². The number of halogens is 2. The fourth-order valence-electron chi connectivity index (χ4n) is 0.511. The first kappa shape index (κ1) is 9.16. The number of alkyl halides is 2. The monoisotopic (exact) mass is 294 g/mol. The topological polar surface area (TPSA) is 55.8 Å². The number of phosphoric acid groups is 1. The summed E-state index contributed by atoms with van der Waals surface area (Å²) in [4.78, 5) is 8.75. The van der Waals surface area contributed by atoms with Crippen LogP contribution in [0.15, 0.2) is 0 Å². The highest BCUT2D eigenvalue weighted by Crippen LogP contribution is 2.61. The summed E-state index contributed by atoms with van der Waals surface area (Å²) < 4.78 is 18.8. The average Bonchev–Trinajstić information content (AvgIpc) is 1.73. The average molecular weight is 296 g/mol. The Morgan fingerprint density at radius 2 is 2.20 bits per heavy atom. The van der Waals surface area contributed by atoms with Crippen molar-refractivity contribution in [3.05, 3.63) is 0 Å². The number of hydrogen-bond acceptors (Lipinski definition) is 3. The predicted molar refractivity (Wildman–Crippen MR) is 42.0 cm³/mol. The molecule has 1 saturated heterocycles. The SMILES string of the molecule is CC1OP(=O)(O)OC1(Br)Br. The van der Waals surface area contributed by atoms with Gasteiger partial charge in [-0.05, 0) is 38.8 Å². The highest BCUT2D eigenvalue weighted by molar-refractivity contribution is 9.25. The van der Waals surface area contributed by atoms with E-state index in [0.717, 1.165) is 0 Å². The van der Waals surface area contributed by atoms with Crippen molar-refractivity contribution in [3.8, 4) is 0 Å². The van der Waals surface area contributed by atoms with E-state index in [9.17, 15) is 4.57 Å². The Labute approximate surface area is 74.8 Å². The van der Waals surface area contributed by atoms with Crippen LogP contribution in [0.4, 0.5) is 0 Å². The molecule has 0 aromatic rings. The zero-order chi connectivity index (χ0) is 7.99. The molecular formula is C3H5Br2O4P. The Morgan fingerprint density at radius 1 is 1.70 bits per heavy atom. The molecule has 0 aromatic heterocycles. The van der Waals surface area contributed by atoms with E-state index in [1.165, 1.54) is 0 Å². The molecule has 1 N–H and O–H groups in total. The molecule has 60 valence electrons. The van der Waals surface area contributed by atoms with Gasteiger partial charge in [-0.2, -0.15) is 0 Å². The van der Waals surface area contributed by atoms with E-state index in [1.54, 1.807) is 6.92 Å². The second kappa shape index (κ2) is 2.54. The zero-order valence-corrected chi connectivity index (χ0v) is 9.02. The lowest BCUT2D eigenvalue weighted by Gasteiger charge is -2.12. The lowest BCUT2D eigenvalue weighted by atomic mass is 10.5. The molecule has 0 radical (unpaired) electrons. The largest absolute Gasteiger partial charge is 0.474 e. The quantitative estimate of drug-likeness (QED) is 0.548. The van der Waals surface area contributed by atoms with Gasteiger partial charge in [0.1, 0.15) is 6.10 Å². The van der Waals surface area contributed by atoms with Crippen molar-refractivity contribution in [3.63, 3.8) is 0 Å². The molecule has 0 aliphatic carbocycles. The Bertz CT molecular complexity index is 193. The summed E-state index contributed by atoms with van der Waals surface area (Å²) >= 11 is 6.04. The van der Waals surface area contributed by atoms with Gasteiger partial charge in [0.25, 0.3) is 0 Å². The second-order valence-corrected chi connectivity index (χ2v) is 6.62. The summed E-state index contributed by atoms with van der Waals surface area (Å²) in [6.07, 6.45) is -0.497. The van der Waals surface area contributed by atoms with Crippen LogP contribution in [0.25, 0.3) is 0 Å². The Hall–Kier alpha value is 1.07. The highest BCUT2D eigenvalue weighted by atomic mass is 79.9. The lowest BCUT2D eigenvalue weighted by molar-refractivity contribution is 0.220. The van der Waals surface area contributed by atoms with Crippen molar-refractivity contribution in [1.29, 1.82) is 0 Å². The van der Waals surface area contributed by atoms with Crippen molar-refractivity contribution >= 4 is 39.7 Å². The molecule has 7 heteroatoms. The van der Waals surface area contributed by atoms with Crippen LogP contribution in [0.3, 0.4) is 0 Å². The first-order valence-corrected chi connectivity index (χ1v) is 5.51. The van der Waals surface area contributed by atoms with Gasteiger partial charge in [-0.3, -0.25) is 9.05 Å². The van der Waals surface area contributed by atoms with E-state index in [1.807, 2.05) is 0 Å². The number of rotatable bonds is 0. The van der Waals surface area contributed by atoms with Gasteiger partial charge in [0.05, 0.1) is 0 Å². The van der Waals surface area contributed by atoms with Crippen molar-refractivity contribution in [2.75, 3.05) is 0 Å². The molecule has 10 heavy (non-hydrogen) atoms. The highest BCUT2D eigenvalue weighted by Gasteiger charge is 2.50. The first-order valence-electron chi connectivity index (χ1n) is 2.43. The molecule has 1 fully saturated rings. The predicted octanol–water partition coefficient (Wildman–Crippen LogP) is 1.97. The van der Waals surface area contributed by atoms with Gasteiger partial charge in [-0.1, -0.05) is 0 Å². The van der Waals surface area contributed by atoms with Crippen LogP contribution in [0, 0.1) is 0 Å². The maximum atomic E-state index is 10.7. The van der Waals surface area contributed by atoms with E-state index in [4.69, 9.17) is 4.89 Å². The third-order valence-corrected chi connectivity index (χ3v) is 4.22. The maximum Gasteiger partial charge on any atom is 0.474 e. The fraction of sp³-hybridized carbons (Fsp3) is 1.00. The lowest BCUT2D eigenvalue weighted by Crippen LogP contribution is -2.22. The number of hydrogen-bond donors (Lipinski definition) is 1. The molecule has 0 aromatic carbocycles. The van der Waals surface area contributed by atoms with Crippen molar-refractivity contribution in [2.24, 2.45) is 0 Å². The Morgan fingerprint density at radius 3 is 2.30 bits per heavy atom. The summed E-state index contributed by atoms with van der Waals surface area (Å²) in [6.45, 7) is 1.61. The van der Waals surface area contributed by atoms with Gasteiger partial charge in [0, 0.05) is 0 Å². The number of phosphoric ester groups is 1. The van der Waals surface area contributed by atoms with Gasteiger partial charge in [0.15, 0.2) is 0 Å². The van der Waals surface area contributed by atoms with Crippen molar-refractivity contribution in [1.82, 2.24) is 0 Å². The van der Waals surface area contributed by atoms with E-state index >= 15 is 0 Å². The molecule has 0 spiro atoms. The van der Waals surface area contributed by atoms with Gasteiger partial charge in [-0.15, -0.1) is 0 Å². The third-order valence-electron chi connectivity index (χ3n) is 1.00. The molecule has 4 nitrogen and oxygen atoms in total. The van der Waals surface area contributed by atoms with Crippen molar-refractivity contribution in [2.45, 2.75) is 16.4 Å². The van der Waals surface area contributed by atoms with Crippen LogP contribution in [0.2, 0.25) is 0 Å². The van der Waals surface area contributed by atoms with Crippen LogP contribution in [-0.4, -0.2) is 14.4 Å². The van der Waals surface area contributed by atoms with Crippen LogP contribution in [0.1, 0.15) is 6.92 Å². The first-order chi connectivity index (χ1) is 4.33. The molecule has 0 saturated carbocycles. The molecule has 2 unspecified atom stereocenters. The normalized spacial score (nSPS) is 45.8. The molecule has 1 heterocycles. The van der Waals surface area contributed by atoms with Gasteiger partial charge < -0.3 is 4.89 Å². The maximum absolute atomic E-state index is 10.7. The summed E-state index contributed by atoms with van der Waals surface area (Å²) in [5.41, 5.74) is 0. The van der Waals surface area contributed by atoms with E-state index in [0.29, 0.717) is 0 Å². The second-order valence-electron chi connectivity index (χ2n) is 1.87. The summed E-state index contributed by atoms with van der Waals surface area (Å²) in [5.74, 6) is 0. The van der Waals surface area contributed by atoms with E-state index < -0.39 is 17.3 Å². The minimum absolute atomic E-state index is 0.497. The molecule has 1 aliphatic heterocycles. The van der Waals surface area contributed by atoms with Crippen LogP contribution < -0.4 is 0 Å². The molecule has 1 aliphatic rings. The Kier molecular flexibility index (Phi) is 2.32. The van der Waals surface area contributed by atoms with Crippen LogP contribution >= 0.6 is 39.7 Å². The van der Waals surface area contributed by atoms with Gasteiger partial charge in [0.2, 0.25) is 3.42 Å². The minimum Gasteiger partial charge on any atom is -0.302 e. The van der Waals surface area contributed by atoms with Crippen molar-refractivity contribution < 1.29 is 18.5 Å². The molecule has 0 amide bonds. The van der Waals surface area contributed by atoms with E-state index in [2.05, 4.69) is 40.9 Å². The smallest absolute Gasteiger partial charge is 0.302 e. The molecule has 0 bridgehead atoms. The van der Waals surface area contributed by atoms with Crippen LogP contribution in [-0.2, 0) is 13.6 Å². The van der Waals surface area contributed by atoms with Crippen LogP contribution in [0.5, 0.6) is 0 Å². The minimum atomic E-state index is -3.81. The summed E-state index contributed by atoms with van der Waals surface area (Å²) in [7, 11) is -3.81. The zero-order valence-electron chi connectivity index (χ0n) is 4.95. The standard InChI is InChI=1S/C3H5Br2O4P/c1-2-3(4,5)9-10(6,7)8-2/h2H,1H3,(H,6,7). The fourth-order valence-corrected chi connectivity index (χ4v) is 3.13. The third kappa shape index (κ3) is 1.81. The molecule has 1 rings (SSSR count). The molecular weight excluding hydrogens is 291 g/mol. The summed E-state index contributed by atoms with van der Waals surface area (Å²) in [5, 5.41) is 0. The summed E-state index contributed by atoms with van der Waals surface area (Å²) in [6, 6.07) is 0. The Balaban J connectivity index is 2.81. The molecule has 2 atom stereocenters. The van der Waals surface area contributed by atoms with Gasteiger partial charge >= 0.3 is 7.82 Å². The van der Waals surface area contributed by atoms with E-state index in [-0.39, 0.29) is 0 Å².